The zero-order valence-corrected chi connectivity index (χ0v) is 9.06. The average Bonchev–Trinajstić information content (AvgIpc) is 2.76. The Morgan fingerprint density at radius 1 is 1.31 bits per heavy atom. The Labute approximate surface area is 93.2 Å². The molecule has 0 radical (unpaired) electrons. The number of likely N-dealkylation sites (tertiary alicyclic amines) is 1. The Hall–Kier alpha value is -1.43. The van der Waals surface area contributed by atoms with Gasteiger partial charge in [-0.15, -0.1) is 0 Å². The third-order valence-electron chi connectivity index (χ3n) is 2.87. The molecule has 2 rings (SSSR count). The van der Waals surface area contributed by atoms with E-state index in [2.05, 4.69) is 19.8 Å². The Balaban J connectivity index is 1.88. The van der Waals surface area contributed by atoms with Crippen molar-refractivity contribution in [3.63, 3.8) is 0 Å². The lowest BCUT2D eigenvalue weighted by Crippen LogP contribution is -2.31. The molecule has 0 unspecified atom stereocenters. The van der Waals surface area contributed by atoms with E-state index >= 15 is 0 Å². The lowest BCUT2D eigenvalue weighted by molar-refractivity contribution is 0.0684. The van der Waals surface area contributed by atoms with E-state index in [1.807, 2.05) is 0 Å². The van der Waals surface area contributed by atoms with Crippen LogP contribution in [-0.2, 0) is 6.42 Å². The molecule has 1 aliphatic heterocycles. The number of nitrogens with zero attached hydrogens (tertiary/aromatic N) is 3. The summed E-state index contributed by atoms with van der Waals surface area (Å²) in [6, 6.07) is 0. The normalized spacial score (nSPS) is 17.5. The molecule has 1 aromatic rings. The van der Waals surface area contributed by atoms with E-state index in [0.29, 0.717) is 12.1 Å². The third kappa shape index (κ3) is 2.57. The number of rotatable bonds is 4. The van der Waals surface area contributed by atoms with E-state index in [9.17, 15) is 4.79 Å². The molecule has 0 amide bonds. The predicted molar refractivity (Wildman–Crippen MR) is 55.3 cm³/mol. The molecule has 6 heteroatoms. The molecule has 0 spiro atoms. The van der Waals surface area contributed by atoms with Crippen molar-refractivity contribution in [2.24, 2.45) is 0 Å². The van der Waals surface area contributed by atoms with Gasteiger partial charge in [0.05, 0.1) is 0 Å². The average molecular weight is 225 g/mol. The molecule has 88 valence electrons. The van der Waals surface area contributed by atoms with Crippen LogP contribution in [0, 0.1) is 0 Å². The highest BCUT2D eigenvalue weighted by Gasteiger charge is 2.18. The molecule has 6 nitrogen and oxygen atoms in total. The molecule has 0 atom stereocenters. The van der Waals surface area contributed by atoms with Gasteiger partial charge in [-0.05, 0) is 31.1 Å². The topological polar surface area (TPSA) is 79.5 Å². The molecule has 1 aromatic heterocycles. The second-order valence-corrected chi connectivity index (χ2v) is 4.02. The molecule has 0 aliphatic carbocycles. The summed E-state index contributed by atoms with van der Waals surface area (Å²) in [6.45, 7) is 3.01. The van der Waals surface area contributed by atoms with Crippen LogP contribution in [-0.4, -0.2) is 45.9 Å². The zero-order valence-electron chi connectivity index (χ0n) is 9.06. The Kier molecular flexibility index (Phi) is 3.51. The van der Waals surface area contributed by atoms with Crippen LogP contribution in [0.3, 0.4) is 0 Å². The van der Waals surface area contributed by atoms with Gasteiger partial charge >= 0.3 is 5.97 Å². The minimum Gasteiger partial charge on any atom is -0.476 e. The molecule has 1 fully saturated rings. The summed E-state index contributed by atoms with van der Waals surface area (Å²) in [4.78, 5) is 13.1. The van der Waals surface area contributed by atoms with Crippen LogP contribution in [0.1, 0.15) is 35.4 Å². The van der Waals surface area contributed by atoms with Gasteiger partial charge in [0.25, 0.3) is 0 Å². The summed E-state index contributed by atoms with van der Waals surface area (Å²) >= 11 is 0. The first-order valence-corrected chi connectivity index (χ1v) is 5.54. The standard InChI is InChI=1S/C10H15N3O3/c14-10(15)9-8(11-16-12-9)4-7-13-5-2-1-3-6-13/h1-7H2,(H,14,15). The Morgan fingerprint density at radius 3 is 2.75 bits per heavy atom. The highest BCUT2D eigenvalue weighted by molar-refractivity contribution is 5.86. The van der Waals surface area contributed by atoms with Gasteiger partial charge in [-0.1, -0.05) is 11.6 Å². The molecule has 2 heterocycles. The van der Waals surface area contributed by atoms with Crippen molar-refractivity contribution in [1.29, 1.82) is 0 Å². The largest absolute Gasteiger partial charge is 0.476 e. The van der Waals surface area contributed by atoms with Crippen LogP contribution < -0.4 is 0 Å². The second kappa shape index (κ2) is 5.07. The maximum Gasteiger partial charge on any atom is 0.360 e. The van der Waals surface area contributed by atoms with Gasteiger partial charge in [-0.3, -0.25) is 0 Å². The van der Waals surface area contributed by atoms with Crippen molar-refractivity contribution >= 4 is 5.97 Å². The van der Waals surface area contributed by atoms with Crippen LogP contribution in [0.2, 0.25) is 0 Å². The molecular weight excluding hydrogens is 210 g/mol. The van der Waals surface area contributed by atoms with Crippen molar-refractivity contribution < 1.29 is 14.5 Å². The number of piperidine rings is 1. The molecule has 1 aliphatic rings. The first-order valence-electron chi connectivity index (χ1n) is 5.54. The summed E-state index contributed by atoms with van der Waals surface area (Å²) < 4.78 is 4.45. The molecular formula is C10H15N3O3. The van der Waals surface area contributed by atoms with Crippen molar-refractivity contribution in [3.05, 3.63) is 11.4 Å². The van der Waals surface area contributed by atoms with Gasteiger partial charge in [-0.25, -0.2) is 9.42 Å². The van der Waals surface area contributed by atoms with Crippen molar-refractivity contribution in [2.45, 2.75) is 25.7 Å². The SMILES string of the molecule is O=C(O)c1nonc1CCN1CCCCC1. The number of carboxylic acids is 1. The number of hydrogen-bond acceptors (Lipinski definition) is 5. The monoisotopic (exact) mass is 225 g/mol. The highest BCUT2D eigenvalue weighted by Crippen LogP contribution is 2.10. The van der Waals surface area contributed by atoms with Crippen LogP contribution in [0.4, 0.5) is 0 Å². The van der Waals surface area contributed by atoms with E-state index in [0.717, 1.165) is 19.6 Å². The van der Waals surface area contributed by atoms with Crippen LogP contribution in [0.15, 0.2) is 4.63 Å². The van der Waals surface area contributed by atoms with Crippen LogP contribution in [0.5, 0.6) is 0 Å². The Morgan fingerprint density at radius 2 is 2.06 bits per heavy atom. The predicted octanol–water partition coefficient (Wildman–Crippen LogP) is 0.796. The molecule has 16 heavy (non-hydrogen) atoms. The quantitative estimate of drug-likeness (QED) is 0.816. The van der Waals surface area contributed by atoms with E-state index in [1.54, 1.807) is 0 Å². The maximum absolute atomic E-state index is 10.8. The summed E-state index contributed by atoms with van der Waals surface area (Å²) in [6.07, 6.45) is 4.33. The van der Waals surface area contributed by atoms with Gasteiger partial charge in [0, 0.05) is 13.0 Å². The number of hydrogen-bond donors (Lipinski definition) is 1. The number of carboxylic acid groups (broad SMARTS) is 1. The van der Waals surface area contributed by atoms with E-state index in [4.69, 9.17) is 5.11 Å². The number of carbonyl (C=O) groups is 1. The maximum atomic E-state index is 10.8. The minimum atomic E-state index is -1.07. The molecule has 0 aromatic carbocycles. The first kappa shape index (κ1) is 11.1. The molecule has 1 saturated heterocycles. The smallest absolute Gasteiger partial charge is 0.360 e. The summed E-state index contributed by atoms with van der Waals surface area (Å²) in [7, 11) is 0. The summed E-state index contributed by atoms with van der Waals surface area (Å²) in [5.74, 6) is -1.07. The van der Waals surface area contributed by atoms with Crippen molar-refractivity contribution in [3.8, 4) is 0 Å². The van der Waals surface area contributed by atoms with E-state index in [-0.39, 0.29) is 5.69 Å². The fourth-order valence-corrected chi connectivity index (χ4v) is 1.98. The molecule has 0 saturated carbocycles. The van der Waals surface area contributed by atoms with Gasteiger partial charge in [0.1, 0.15) is 5.69 Å². The van der Waals surface area contributed by atoms with Gasteiger partial charge in [0.15, 0.2) is 0 Å². The lowest BCUT2D eigenvalue weighted by Gasteiger charge is -2.25. The minimum absolute atomic E-state index is 0.0583. The number of aromatic carboxylic acids is 1. The van der Waals surface area contributed by atoms with Crippen molar-refractivity contribution in [2.75, 3.05) is 19.6 Å². The molecule has 0 bridgehead atoms. The zero-order chi connectivity index (χ0) is 11.4. The van der Waals surface area contributed by atoms with Gasteiger partial charge in [0.2, 0.25) is 5.69 Å². The van der Waals surface area contributed by atoms with Gasteiger partial charge < -0.3 is 10.0 Å². The highest BCUT2D eigenvalue weighted by atomic mass is 16.6. The third-order valence-corrected chi connectivity index (χ3v) is 2.87. The van der Waals surface area contributed by atoms with Crippen LogP contribution in [0.25, 0.3) is 0 Å². The fourth-order valence-electron chi connectivity index (χ4n) is 1.98. The fraction of sp³-hybridized carbons (Fsp3) is 0.700. The van der Waals surface area contributed by atoms with E-state index in [1.165, 1.54) is 19.3 Å². The number of aromatic nitrogens is 2. The van der Waals surface area contributed by atoms with Crippen LogP contribution >= 0.6 is 0 Å². The molecule has 1 N–H and O–H groups in total. The first-order chi connectivity index (χ1) is 7.77. The van der Waals surface area contributed by atoms with E-state index < -0.39 is 5.97 Å². The summed E-state index contributed by atoms with van der Waals surface area (Å²) in [5.41, 5.74) is 0.384. The second-order valence-electron chi connectivity index (χ2n) is 4.02. The van der Waals surface area contributed by atoms with Crippen molar-refractivity contribution in [1.82, 2.24) is 15.2 Å². The Bertz CT molecular complexity index is 358. The summed E-state index contributed by atoms with van der Waals surface area (Å²) in [5, 5.41) is 15.8. The van der Waals surface area contributed by atoms with Gasteiger partial charge in [-0.2, -0.15) is 0 Å². The lowest BCUT2D eigenvalue weighted by atomic mass is 10.1.